The number of rotatable bonds is 4. The van der Waals surface area contributed by atoms with Gasteiger partial charge in [-0.05, 0) is 24.6 Å². The van der Waals surface area contributed by atoms with Crippen molar-refractivity contribution < 1.29 is 9.13 Å². The van der Waals surface area contributed by atoms with E-state index in [1.54, 1.807) is 12.1 Å². The first-order valence-corrected chi connectivity index (χ1v) is 5.78. The maximum atomic E-state index is 12.9. The maximum Gasteiger partial charge on any atom is 0.242 e. The lowest BCUT2D eigenvalue weighted by Crippen LogP contribution is -2.11. The zero-order chi connectivity index (χ0) is 13.8. The van der Waals surface area contributed by atoms with Crippen LogP contribution in [-0.2, 0) is 0 Å². The molecule has 3 N–H and O–H groups in total. The molecule has 2 rings (SSSR count). The van der Waals surface area contributed by atoms with E-state index in [1.807, 2.05) is 6.92 Å². The summed E-state index contributed by atoms with van der Waals surface area (Å²) in [5.41, 5.74) is 7.15. The first-order valence-electron chi connectivity index (χ1n) is 5.78. The number of benzene rings is 1. The standard InChI is InChI=1S/C13H15FN4O/c1-8(9-3-5-10(14)6-4-9)18-12-11(15)13(19-2)17-7-16-12/h3-8H,15H2,1-2H3,(H,16,17,18). The summed E-state index contributed by atoms with van der Waals surface area (Å²) < 4.78 is 17.9. The van der Waals surface area contributed by atoms with Crippen LogP contribution in [0, 0.1) is 5.82 Å². The molecule has 0 spiro atoms. The quantitative estimate of drug-likeness (QED) is 0.885. The molecule has 2 aromatic rings. The zero-order valence-corrected chi connectivity index (χ0v) is 10.7. The molecule has 1 aromatic carbocycles. The van der Waals surface area contributed by atoms with Crippen molar-refractivity contribution in [1.29, 1.82) is 0 Å². The van der Waals surface area contributed by atoms with E-state index >= 15 is 0 Å². The topological polar surface area (TPSA) is 73.1 Å². The molecular weight excluding hydrogens is 247 g/mol. The number of nitrogens with one attached hydrogen (secondary N) is 1. The van der Waals surface area contributed by atoms with Gasteiger partial charge in [-0.3, -0.25) is 0 Å². The molecule has 19 heavy (non-hydrogen) atoms. The second-order valence-corrected chi connectivity index (χ2v) is 4.06. The van der Waals surface area contributed by atoms with Gasteiger partial charge in [-0.15, -0.1) is 0 Å². The van der Waals surface area contributed by atoms with E-state index in [2.05, 4.69) is 15.3 Å². The van der Waals surface area contributed by atoms with Gasteiger partial charge in [0.05, 0.1) is 13.2 Å². The molecule has 1 aromatic heterocycles. The third-order valence-electron chi connectivity index (χ3n) is 2.76. The molecule has 0 amide bonds. The summed E-state index contributed by atoms with van der Waals surface area (Å²) in [7, 11) is 1.49. The van der Waals surface area contributed by atoms with Crippen LogP contribution in [0.1, 0.15) is 18.5 Å². The van der Waals surface area contributed by atoms with Crippen LogP contribution in [0.2, 0.25) is 0 Å². The van der Waals surface area contributed by atoms with Crippen LogP contribution in [0.4, 0.5) is 15.9 Å². The molecule has 0 fully saturated rings. The molecule has 0 saturated carbocycles. The van der Waals surface area contributed by atoms with E-state index in [4.69, 9.17) is 10.5 Å². The Kier molecular flexibility index (Phi) is 3.79. The van der Waals surface area contributed by atoms with Gasteiger partial charge < -0.3 is 15.8 Å². The van der Waals surface area contributed by atoms with Gasteiger partial charge in [0.1, 0.15) is 17.8 Å². The Labute approximate surface area is 110 Å². The number of hydrogen-bond acceptors (Lipinski definition) is 5. The largest absolute Gasteiger partial charge is 0.479 e. The van der Waals surface area contributed by atoms with E-state index in [-0.39, 0.29) is 11.9 Å². The molecular formula is C13H15FN4O. The minimum Gasteiger partial charge on any atom is -0.479 e. The fraction of sp³-hybridized carbons (Fsp3) is 0.231. The fourth-order valence-electron chi connectivity index (χ4n) is 1.70. The van der Waals surface area contributed by atoms with Gasteiger partial charge in [-0.2, -0.15) is 4.98 Å². The van der Waals surface area contributed by atoms with Gasteiger partial charge in [-0.25, -0.2) is 9.37 Å². The number of ether oxygens (including phenoxy) is 1. The first kappa shape index (κ1) is 13.1. The minimum absolute atomic E-state index is 0.0671. The second kappa shape index (κ2) is 5.51. The van der Waals surface area contributed by atoms with Crippen LogP contribution in [0.15, 0.2) is 30.6 Å². The van der Waals surface area contributed by atoms with Gasteiger partial charge in [-0.1, -0.05) is 12.1 Å². The highest BCUT2D eigenvalue weighted by molar-refractivity contribution is 5.66. The molecule has 6 heteroatoms. The molecule has 1 unspecified atom stereocenters. The molecule has 5 nitrogen and oxygen atoms in total. The van der Waals surface area contributed by atoms with E-state index in [1.165, 1.54) is 25.6 Å². The number of nitrogens with zero attached hydrogens (tertiary/aromatic N) is 2. The van der Waals surface area contributed by atoms with Crippen molar-refractivity contribution in [3.63, 3.8) is 0 Å². The third-order valence-corrected chi connectivity index (χ3v) is 2.76. The summed E-state index contributed by atoms with van der Waals surface area (Å²) >= 11 is 0. The van der Waals surface area contributed by atoms with Crippen molar-refractivity contribution >= 4 is 11.5 Å². The van der Waals surface area contributed by atoms with Gasteiger partial charge in [0.25, 0.3) is 0 Å². The smallest absolute Gasteiger partial charge is 0.242 e. The van der Waals surface area contributed by atoms with Crippen molar-refractivity contribution in [1.82, 2.24) is 9.97 Å². The Hall–Kier alpha value is -2.37. The lowest BCUT2D eigenvalue weighted by molar-refractivity contribution is 0.399. The molecule has 0 aliphatic heterocycles. The molecule has 0 aliphatic rings. The number of hydrogen-bond donors (Lipinski definition) is 2. The Bertz CT molecular complexity index is 559. The number of aromatic nitrogens is 2. The molecule has 0 saturated heterocycles. The number of halogens is 1. The highest BCUT2D eigenvalue weighted by Gasteiger charge is 2.12. The van der Waals surface area contributed by atoms with Crippen molar-refractivity contribution in [2.75, 3.05) is 18.2 Å². The summed E-state index contributed by atoms with van der Waals surface area (Å²) in [4.78, 5) is 7.97. The number of methoxy groups -OCH3 is 1. The van der Waals surface area contributed by atoms with Crippen LogP contribution in [0.3, 0.4) is 0 Å². The lowest BCUT2D eigenvalue weighted by Gasteiger charge is -2.16. The highest BCUT2D eigenvalue weighted by Crippen LogP contribution is 2.27. The summed E-state index contributed by atoms with van der Waals surface area (Å²) in [5, 5.41) is 3.14. The van der Waals surface area contributed by atoms with Crippen LogP contribution >= 0.6 is 0 Å². The Balaban J connectivity index is 2.19. The number of nitrogens with two attached hydrogens (primary N) is 1. The predicted octanol–water partition coefficient (Wildman–Crippen LogP) is 2.38. The van der Waals surface area contributed by atoms with Gasteiger partial charge >= 0.3 is 0 Å². The fourth-order valence-corrected chi connectivity index (χ4v) is 1.70. The van der Waals surface area contributed by atoms with Crippen LogP contribution < -0.4 is 15.8 Å². The van der Waals surface area contributed by atoms with Crippen molar-refractivity contribution in [3.05, 3.63) is 42.0 Å². The summed E-state index contributed by atoms with van der Waals surface area (Å²) in [6.45, 7) is 1.93. The lowest BCUT2D eigenvalue weighted by atomic mass is 10.1. The van der Waals surface area contributed by atoms with Crippen LogP contribution in [0.5, 0.6) is 5.88 Å². The monoisotopic (exact) mass is 262 g/mol. The van der Waals surface area contributed by atoms with E-state index in [0.717, 1.165) is 5.56 Å². The summed E-state index contributed by atoms with van der Waals surface area (Å²) in [6, 6.07) is 6.18. The van der Waals surface area contributed by atoms with Gasteiger partial charge in [0, 0.05) is 0 Å². The normalized spacial score (nSPS) is 11.9. The molecule has 0 aliphatic carbocycles. The van der Waals surface area contributed by atoms with E-state index < -0.39 is 0 Å². The van der Waals surface area contributed by atoms with Crippen LogP contribution in [-0.4, -0.2) is 17.1 Å². The SMILES string of the molecule is COc1ncnc(NC(C)c2ccc(F)cc2)c1N. The Morgan fingerprint density at radius 3 is 2.58 bits per heavy atom. The molecule has 1 atom stereocenters. The molecule has 1 heterocycles. The summed E-state index contributed by atoms with van der Waals surface area (Å²) in [6.07, 6.45) is 1.37. The van der Waals surface area contributed by atoms with Gasteiger partial charge in [0.15, 0.2) is 5.82 Å². The van der Waals surface area contributed by atoms with Crippen molar-refractivity contribution in [3.8, 4) is 5.88 Å². The molecule has 0 bridgehead atoms. The third kappa shape index (κ3) is 2.90. The number of nitrogen functional groups attached to an aromatic ring is 1. The predicted molar refractivity (Wildman–Crippen MR) is 71.4 cm³/mol. The highest BCUT2D eigenvalue weighted by atomic mass is 19.1. The average molecular weight is 262 g/mol. The second-order valence-electron chi connectivity index (χ2n) is 4.06. The molecule has 0 radical (unpaired) electrons. The van der Waals surface area contributed by atoms with Crippen molar-refractivity contribution in [2.24, 2.45) is 0 Å². The van der Waals surface area contributed by atoms with E-state index in [9.17, 15) is 4.39 Å². The first-order chi connectivity index (χ1) is 9.11. The minimum atomic E-state index is -0.265. The zero-order valence-electron chi connectivity index (χ0n) is 10.7. The van der Waals surface area contributed by atoms with Gasteiger partial charge in [0.2, 0.25) is 5.88 Å². The molecule has 100 valence electrons. The Morgan fingerprint density at radius 2 is 1.95 bits per heavy atom. The maximum absolute atomic E-state index is 12.9. The van der Waals surface area contributed by atoms with Crippen molar-refractivity contribution in [2.45, 2.75) is 13.0 Å². The average Bonchev–Trinajstić information content (AvgIpc) is 2.42. The Morgan fingerprint density at radius 1 is 1.26 bits per heavy atom. The number of anilines is 2. The van der Waals surface area contributed by atoms with E-state index in [0.29, 0.717) is 17.4 Å². The summed E-state index contributed by atoms with van der Waals surface area (Å²) in [5.74, 6) is 0.548. The van der Waals surface area contributed by atoms with Crippen LogP contribution in [0.25, 0.3) is 0 Å².